The summed E-state index contributed by atoms with van der Waals surface area (Å²) in [4.78, 5) is 17.4. The Hall–Kier alpha value is -3.84. The molecule has 0 amide bonds. The number of aromatic carboxylic acids is 1. The van der Waals surface area contributed by atoms with Gasteiger partial charge in [-0.15, -0.1) is 0 Å². The van der Waals surface area contributed by atoms with Crippen LogP contribution in [0.15, 0.2) is 42.5 Å². The smallest absolute Gasteiger partial charge is 0.357 e. The van der Waals surface area contributed by atoms with Gasteiger partial charge in [-0.3, -0.25) is 4.31 Å². The van der Waals surface area contributed by atoms with E-state index in [2.05, 4.69) is 49.7 Å². The average molecular weight is 774 g/mol. The van der Waals surface area contributed by atoms with Crippen molar-refractivity contribution in [3.05, 3.63) is 65.1 Å². The number of carbonyl (C=O) groups is 1. The van der Waals surface area contributed by atoms with Crippen LogP contribution in [0.2, 0.25) is 51.4 Å². The van der Waals surface area contributed by atoms with E-state index in [9.17, 15) is 18.3 Å². The lowest BCUT2D eigenvalue weighted by molar-refractivity contribution is 0.0197. The van der Waals surface area contributed by atoms with E-state index in [1.54, 1.807) is 36.4 Å². The molecule has 12 nitrogen and oxygen atoms in total. The van der Waals surface area contributed by atoms with E-state index in [-0.39, 0.29) is 42.7 Å². The summed E-state index contributed by atoms with van der Waals surface area (Å²) in [6.45, 7) is 16.5. The summed E-state index contributed by atoms with van der Waals surface area (Å²) in [7, 11) is -4.78. The number of aryl methyl sites for hydroxylation is 1. The Morgan fingerprint density at radius 1 is 1.00 bits per heavy atom. The highest BCUT2D eigenvalue weighted by molar-refractivity contribution is 7.92. The summed E-state index contributed by atoms with van der Waals surface area (Å²) in [5.74, 6) is -1.60. The van der Waals surface area contributed by atoms with Gasteiger partial charge in [-0.05, 0) is 53.9 Å². The lowest BCUT2D eigenvalue weighted by Crippen LogP contribution is -2.26. The van der Waals surface area contributed by atoms with Gasteiger partial charge >= 0.3 is 5.97 Å². The standard InChI is InChI=1S/C36H52FN5O7SSi2/c1-10-25-19-32(49-24-48-16-18-52(7,8)9)28(37)20-27(25)29-21-31-33(34(36(43)44)40-42(31)23-47-15-17-51(4,5)6)35(39-29)38-22-26-13-11-12-14-30(26)41(2)50(3,45)46/h11-14,19-21H,10,15-18,22-24H2,1-9H3,(H,38,39)(H,43,44). The molecule has 2 heterocycles. The van der Waals surface area contributed by atoms with Crippen molar-refractivity contribution in [2.45, 2.75) is 78.0 Å². The second-order valence-corrected chi connectivity index (χ2v) is 28.5. The molecule has 0 unspecified atom stereocenters. The number of benzene rings is 2. The van der Waals surface area contributed by atoms with Crippen molar-refractivity contribution >= 4 is 54.5 Å². The second-order valence-electron chi connectivity index (χ2n) is 15.2. The van der Waals surface area contributed by atoms with Crippen LogP contribution in [0.25, 0.3) is 22.2 Å². The van der Waals surface area contributed by atoms with E-state index in [0.29, 0.717) is 47.7 Å². The molecule has 16 heteroatoms. The molecule has 0 aliphatic heterocycles. The molecule has 284 valence electrons. The Bertz CT molecular complexity index is 2000. The van der Waals surface area contributed by atoms with Crippen molar-refractivity contribution in [1.29, 1.82) is 0 Å². The minimum atomic E-state index is -3.57. The Kier molecular flexibility index (Phi) is 13.3. The number of pyridine rings is 1. The van der Waals surface area contributed by atoms with Gasteiger partial charge in [0.15, 0.2) is 24.1 Å². The number of rotatable bonds is 19. The zero-order valence-electron chi connectivity index (χ0n) is 31.7. The van der Waals surface area contributed by atoms with Crippen molar-refractivity contribution in [2.24, 2.45) is 0 Å². The highest BCUT2D eigenvalue weighted by Crippen LogP contribution is 2.35. The molecule has 2 aromatic carbocycles. The number of nitrogens with one attached hydrogen (secondary N) is 1. The zero-order chi connectivity index (χ0) is 38.4. The number of ether oxygens (including phenoxy) is 3. The molecule has 0 bridgehead atoms. The van der Waals surface area contributed by atoms with Gasteiger partial charge in [0.1, 0.15) is 12.5 Å². The number of nitrogens with zero attached hydrogens (tertiary/aromatic N) is 4. The number of sulfonamides is 1. The molecule has 4 aromatic rings. The van der Waals surface area contributed by atoms with E-state index >= 15 is 4.39 Å². The van der Waals surface area contributed by atoms with E-state index in [4.69, 9.17) is 19.2 Å². The third-order valence-corrected chi connectivity index (χ3v) is 13.1. The van der Waals surface area contributed by atoms with Gasteiger partial charge in [0.05, 0.1) is 28.5 Å². The van der Waals surface area contributed by atoms with E-state index in [0.717, 1.165) is 23.9 Å². The molecule has 2 N–H and O–H groups in total. The van der Waals surface area contributed by atoms with Crippen molar-refractivity contribution in [3.8, 4) is 17.0 Å². The largest absolute Gasteiger partial charge is 0.476 e. The number of carboxylic acid groups (broad SMARTS) is 1. The van der Waals surface area contributed by atoms with Gasteiger partial charge in [-0.25, -0.2) is 27.3 Å². The summed E-state index contributed by atoms with van der Waals surface area (Å²) >= 11 is 0. The number of carboxylic acids is 1. The monoisotopic (exact) mass is 773 g/mol. The topological polar surface area (TPSA) is 145 Å². The summed E-state index contributed by atoms with van der Waals surface area (Å²) in [6.07, 6.45) is 1.64. The quantitative estimate of drug-likeness (QED) is 0.0558. The summed E-state index contributed by atoms with van der Waals surface area (Å²) < 4.78 is 60.5. The van der Waals surface area contributed by atoms with E-state index < -0.39 is 38.0 Å². The van der Waals surface area contributed by atoms with E-state index in [1.807, 2.05) is 6.92 Å². The van der Waals surface area contributed by atoms with Crippen LogP contribution in [0.1, 0.15) is 28.5 Å². The molecule has 0 fully saturated rings. The number of anilines is 2. The molecule has 0 radical (unpaired) electrons. The van der Waals surface area contributed by atoms with Crippen molar-refractivity contribution in [1.82, 2.24) is 14.8 Å². The summed E-state index contributed by atoms with van der Waals surface area (Å²) in [5, 5.41) is 18.2. The SMILES string of the molecule is CCc1cc(OCOCC[Si](C)(C)C)c(F)cc1-c1cc2c(c(NCc3ccccc3N(C)S(C)(=O)=O)n1)c(C(=O)O)nn2COCC[Si](C)(C)C. The molecule has 0 aliphatic rings. The number of halogens is 1. The maximum absolute atomic E-state index is 15.7. The van der Waals surface area contributed by atoms with Gasteiger partial charge in [0.25, 0.3) is 0 Å². The number of para-hydroxylation sites is 1. The fraction of sp³-hybridized carbons (Fsp3) is 0.472. The third kappa shape index (κ3) is 10.8. The fourth-order valence-electron chi connectivity index (χ4n) is 5.34. The van der Waals surface area contributed by atoms with Crippen LogP contribution in [0.3, 0.4) is 0 Å². The van der Waals surface area contributed by atoms with Gasteiger partial charge < -0.3 is 24.6 Å². The van der Waals surface area contributed by atoms with Crippen LogP contribution >= 0.6 is 0 Å². The van der Waals surface area contributed by atoms with Crippen molar-refractivity contribution in [2.75, 3.05) is 42.9 Å². The molecule has 2 aromatic heterocycles. The molecule has 52 heavy (non-hydrogen) atoms. The normalized spacial score (nSPS) is 12.3. The lowest BCUT2D eigenvalue weighted by Gasteiger charge is -2.21. The predicted octanol–water partition coefficient (Wildman–Crippen LogP) is 7.51. The van der Waals surface area contributed by atoms with Crippen molar-refractivity contribution in [3.63, 3.8) is 0 Å². The van der Waals surface area contributed by atoms with Crippen molar-refractivity contribution < 1.29 is 36.9 Å². The van der Waals surface area contributed by atoms with Gasteiger partial charge in [0, 0.05) is 48.5 Å². The van der Waals surface area contributed by atoms with Crippen LogP contribution in [0, 0.1) is 5.82 Å². The zero-order valence-corrected chi connectivity index (χ0v) is 34.5. The summed E-state index contributed by atoms with van der Waals surface area (Å²) in [5.41, 5.74) is 2.91. The number of fused-ring (bicyclic) bond motifs is 1. The Morgan fingerprint density at radius 2 is 1.65 bits per heavy atom. The molecular weight excluding hydrogens is 722 g/mol. The minimum Gasteiger partial charge on any atom is -0.476 e. The van der Waals surface area contributed by atoms with Crippen LogP contribution in [-0.4, -0.2) is 83.7 Å². The maximum atomic E-state index is 15.7. The Labute approximate surface area is 308 Å². The minimum absolute atomic E-state index is 0.00137. The Morgan fingerprint density at radius 3 is 2.27 bits per heavy atom. The average Bonchev–Trinajstić information content (AvgIpc) is 3.43. The van der Waals surface area contributed by atoms with Gasteiger partial charge in [0.2, 0.25) is 10.0 Å². The van der Waals surface area contributed by atoms with Gasteiger partial charge in [-0.2, -0.15) is 5.10 Å². The van der Waals surface area contributed by atoms with Crippen LogP contribution in [0.5, 0.6) is 5.75 Å². The first kappa shape index (κ1) is 40.9. The molecule has 0 atom stereocenters. The maximum Gasteiger partial charge on any atom is 0.357 e. The molecule has 0 saturated carbocycles. The second kappa shape index (κ2) is 16.9. The predicted molar refractivity (Wildman–Crippen MR) is 210 cm³/mol. The van der Waals surface area contributed by atoms with Crippen LogP contribution in [-0.2, 0) is 39.2 Å². The highest BCUT2D eigenvalue weighted by atomic mass is 32.2. The number of aromatic nitrogens is 3. The first-order valence-electron chi connectivity index (χ1n) is 17.3. The molecular formula is C36H52FN5O7SSi2. The first-order chi connectivity index (χ1) is 24.3. The number of hydrogen-bond donors (Lipinski definition) is 2. The molecule has 0 spiro atoms. The summed E-state index contributed by atoms with van der Waals surface area (Å²) in [6, 6.07) is 13.6. The molecule has 0 aliphatic carbocycles. The third-order valence-electron chi connectivity index (χ3n) is 8.53. The van der Waals surface area contributed by atoms with E-state index in [1.165, 1.54) is 22.1 Å². The van der Waals surface area contributed by atoms with Crippen LogP contribution < -0.4 is 14.4 Å². The Balaban J connectivity index is 1.79. The van der Waals surface area contributed by atoms with Gasteiger partial charge in [-0.1, -0.05) is 64.4 Å². The molecule has 0 saturated heterocycles. The number of hydrogen-bond acceptors (Lipinski definition) is 9. The highest BCUT2D eigenvalue weighted by Gasteiger charge is 2.25. The molecule has 4 rings (SSSR count). The van der Waals surface area contributed by atoms with Crippen LogP contribution in [0.4, 0.5) is 15.9 Å². The lowest BCUT2D eigenvalue weighted by atomic mass is 10.00. The fourth-order valence-corrected chi connectivity index (χ4v) is 7.39. The first-order valence-corrected chi connectivity index (χ1v) is 26.6.